The van der Waals surface area contributed by atoms with Gasteiger partial charge in [0.05, 0.1) is 5.41 Å². The maximum Gasteiger partial charge on any atom is 0.237 e. The molecule has 1 aromatic rings. The Morgan fingerprint density at radius 1 is 1.21 bits per heavy atom. The SMILES string of the molecule is CN1C(=O)C(C)(C)[C@@](C)(c2cccc(N)c2)N=C1N. The lowest BCUT2D eigenvalue weighted by Crippen LogP contribution is -2.58. The van der Waals surface area contributed by atoms with Crippen molar-refractivity contribution in [1.29, 1.82) is 0 Å². The van der Waals surface area contributed by atoms with E-state index in [1.165, 1.54) is 4.90 Å². The van der Waals surface area contributed by atoms with Crippen LogP contribution in [0.2, 0.25) is 0 Å². The van der Waals surface area contributed by atoms with E-state index < -0.39 is 11.0 Å². The summed E-state index contributed by atoms with van der Waals surface area (Å²) in [5, 5.41) is 0. The van der Waals surface area contributed by atoms with Crippen molar-refractivity contribution >= 4 is 17.6 Å². The van der Waals surface area contributed by atoms with Crippen LogP contribution in [0.5, 0.6) is 0 Å². The second-order valence-electron chi connectivity index (χ2n) is 5.66. The lowest BCUT2D eigenvalue weighted by Gasteiger charge is -2.46. The molecule has 0 fully saturated rings. The maximum atomic E-state index is 12.5. The molecule has 0 bridgehead atoms. The van der Waals surface area contributed by atoms with Crippen LogP contribution in [-0.2, 0) is 10.3 Å². The predicted molar refractivity (Wildman–Crippen MR) is 76.4 cm³/mol. The van der Waals surface area contributed by atoms with Crippen LogP contribution in [0.3, 0.4) is 0 Å². The Bertz CT molecular complexity index is 564. The summed E-state index contributed by atoms with van der Waals surface area (Å²) in [7, 11) is 1.64. The molecule has 4 N–H and O–H groups in total. The Kier molecular flexibility index (Phi) is 2.81. The van der Waals surface area contributed by atoms with Crippen LogP contribution < -0.4 is 11.5 Å². The molecule has 0 spiro atoms. The number of nitrogen functional groups attached to an aromatic ring is 1. The number of carbonyl (C=O) groups is 1. The first-order valence-corrected chi connectivity index (χ1v) is 6.19. The summed E-state index contributed by atoms with van der Waals surface area (Å²) < 4.78 is 0. The average molecular weight is 260 g/mol. The first-order valence-electron chi connectivity index (χ1n) is 6.19. The number of anilines is 1. The highest BCUT2D eigenvalue weighted by Gasteiger charge is 2.52. The topological polar surface area (TPSA) is 84.7 Å². The van der Waals surface area contributed by atoms with Crippen LogP contribution in [0.25, 0.3) is 0 Å². The summed E-state index contributed by atoms with van der Waals surface area (Å²) >= 11 is 0. The van der Waals surface area contributed by atoms with Crippen molar-refractivity contribution in [2.45, 2.75) is 26.3 Å². The molecular formula is C14H20N4O. The monoisotopic (exact) mass is 260 g/mol. The van der Waals surface area contributed by atoms with Gasteiger partial charge >= 0.3 is 0 Å². The highest BCUT2D eigenvalue weighted by atomic mass is 16.2. The summed E-state index contributed by atoms with van der Waals surface area (Å²) in [6.07, 6.45) is 0. The van der Waals surface area contributed by atoms with Gasteiger partial charge in [-0.15, -0.1) is 0 Å². The van der Waals surface area contributed by atoms with E-state index in [1.54, 1.807) is 7.05 Å². The van der Waals surface area contributed by atoms with Gasteiger partial charge in [0.15, 0.2) is 5.96 Å². The first-order chi connectivity index (χ1) is 8.70. The smallest absolute Gasteiger partial charge is 0.237 e. The van der Waals surface area contributed by atoms with Crippen LogP contribution >= 0.6 is 0 Å². The minimum absolute atomic E-state index is 0.0510. The van der Waals surface area contributed by atoms with Gasteiger partial charge in [-0.2, -0.15) is 0 Å². The van der Waals surface area contributed by atoms with Crippen LogP contribution in [-0.4, -0.2) is 23.8 Å². The predicted octanol–water partition coefficient (Wildman–Crippen LogP) is 1.30. The Morgan fingerprint density at radius 3 is 2.42 bits per heavy atom. The maximum absolute atomic E-state index is 12.5. The van der Waals surface area contributed by atoms with Gasteiger partial charge in [-0.1, -0.05) is 12.1 Å². The van der Waals surface area contributed by atoms with Gasteiger partial charge in [0, 0.05) is 12.7 Å². The van der Waals surface area contributed by atoms with Crippen LogP contribution in [0.15, 0.2) is 29.3 Å². The number of nitrogens with zero attached hydrogens (tertiary/aromatic N) is 2. The third kappa shape index (κ3) is 1.77. The molecule has 0 saturated heterocycles. The van der Waals surface area contributed by atoms with Crippen molar-refractivity contribution < 1.29 is 4.79 Å². The van der Waals surface area contributed by atoms with E-state index in [-0.39, 0.29) is 11.9 Å². The summed E-state index contributed by atoms with van der Waals surface area (Å²) in [6, 6.07) is 7.44. The van der Waals surface area contributed by atoms with Gasteiger partial charge in [-0.05, 0) is 38.5 Å². The van der Waals surface area contributed by atoms with Gasteiger partial charge in [0.25, 0.3) is 0 Å². The molecule has 5 nitrogen and oxygen atoms in total. The molecule has 2 rings (SSSR count). The van der Waals surface area contributed by atoms with Gasteiger partial charge in [-0.3, -0.25) is 9.69 Å². The number of aliphatic imine (C=N–C) groups is 1. The van der Waals surface area contributed by atoms with E-state index in [9.17, 15) is 4.79 Å². The molecule has 1 aromatic carbocycles. The summed E-state index contributed by atoms with van der Waals surface area (Å²) in [5.74, 6) is 0.180. The fourth-order valence-electron chi connectivity index (χ4n) is 2.44. The number of amides is 1. The van der Waals surface area contributed by atoms with Crippen molar-refractivity contribution in [1.82, 2.24) is 4.90 Å². The van der Waals surface area contributed by atoms with Crippen molar-refractivity contribution in [2.24, 2.45) is 16.1 Å². The third-order valence-corrected chi connectivity index (χ3v) is 4.19. The van der Waals surface area contributed by atoms with Gasteiger partial charge in [0.1, 0.15) is 5.54 Å². The van der Waals surface area contributed by atoms with Crippen molar-refractivity contribution in [3.63, 3.8) is 0 Å². The lowest BCUT2D eigenvalue weighted by molar-refractivity contribution is -0.140. The van der Waals surface area contributed by atoms with Crippen molar-refractivity contribution in [3.8, 4) is 0 Å². The normalized spacial score (nSPS) is 26.2. The highest BCUT2D eigenvalue weighted by molar-refractivity contribution is 6.01. The van der Waals surface area contributed by atoms with E-state index in [0.29, 0.717) is 5.69 Å². The molecule has 19 heavy (non-hydrogen) atoms. The van der Waals surface area contributed by atoms with Crippen molar-refractivity contribution in [2.75, 3.05) is 12.8 Å². The minimum Gasteiger partial charge on any atom is -0.399 e. The number of benzene rings is 1. The van der Waals surface area contributed by atoms with Crippen LogP contribution in [0, 0.1) is 5.41 Å². The summed E-state index contributed by atoms with van der Waals surface area (Å²) in [6.45, 7) is 5.68. The average Bonchev–Trinajstić information content (AvgIpc) is 2.35. The Labute approximate surface area is 113 Å². The zero-order valence-corrected chi connectivity index (χ0v) is 11.8. The van der Waals surface area contributed by atoms with E-state index in [0.717, 1.165) is 5.56 Å². The fourth-order valence-corrected chi connectivity index (χ4v) is 2.44. The van der Waals surface area contributed by atoms with Crippen molar-refractivity contribution in [3.05, 3.63) is 29.8 Å². The minimum atomic E-state index is -0.726. The quantitative estimate of drug-likeness (QED) is 0.746. The molecule has 1 atom stereocenters. The molecule has 0 aromatic heterocycles. The zero-order chi connectivity index (χ0) is 14.4. The molecule has 1 aliphatic rings. The van der Waals surface area contributed by atoms with E-state index in [4.69, 9.17) is 11.5 Å². The van der Waals surface area contributed by atoms with Gasteiger partial charge in [0.2, 0.25) is 5.91 Å². The molecular weight excluding hydrogens is 240 g/mol. The molecule has 0 radical (unpaired) electrons. The third-order valence-electron chi connectivity index (χ3n) is 4.19. The highest BCUT2D eigenvalue weighted by Crippen LogP contribution is 2.46. The number of carbonyl (C=O) groups excluding carboxylic acids is 1. The van der Waals surface area contributed by atoms with Crippen LogP contribution in [0.4, 0.5) is 5.69 Å². The molecule has 0 aliphatic carbocycles. The van der Waals surface area contributed by atoms with E-state index in [1.807, 2.05) is 45.0 Å². The molecule has 1 amide bonds. The molecule has 102 valence electrons. The summed E-state index contributed by atoms with van der Waals surface area (Å²) in [4.78, 5) is 18.4. The molecule has 1 heterocycles. The number of guanidine groups is 1. The number of hydrogen-bond donors (Lipinski definition) is 2. The molecule has 0 unspecified atom stereocenters. The first kappa shape index (κ1) is 13.4. The lowest BCUT2D eigenvalue weighted by atomic mass is 9.68. The largest absolute Gasteiger partial charge is 0.399 e. The molecule has 1 aliphatic heterocycles. The van der Waals surface area contributed by atoms with Gasteiger partial charge < -0.3 is 11.5 Å². The standard InChI is InChI=1S/C14H20N4O/c1-13(2)11(19)18(4)12(16)17-14(13,3)9-6-5-7-10(15)8-9/h5-8H,15H2,1-4H3,(H2,16,17)/t14-/m1/s1. The molecule has 0 saturated carbocycles. The number of hydrogen-bond acceptors (Lipinski definition) is 4. The number of nitrogens with two attached hydrogens (primary N) is 2. The van der Waals surface area contributed by atoms with Gasteiger partial charge in [-0.25, -0.2) is 4.99 Å². The number of rotatable bonds is 1. The Balaban J connectivity index is 2.67. The van der Waals surface area contributed by atoms with E-state index in [2.05, 4.69) is 4.99 Å². The second-order valence-corrected chi connectivity index (χ2v) is 5.66. The van der Waals surface area contributed by atoms with E-state index >= 15 is 0 Å². The molecule has 5 heteroatoms. The summed E-state index contributed by atoms with van der Waals surface area (Å²) in [5.41, 5.74) is 11.8. The Morgan fingerprint density at radius 2 is 1.84 bits per heavy atom. The fraction of sp³-hybridized carbons (Fsp3) is 0.429. The van der Waals surface area contributed by atoms with Crippen LogP contribution in [0.1, 0.15) is 26.3 Å². The Hall–Kier alpha value is -2.04. The second kappa shape index (κ2) is 3.98. The zero-order valence-electron chi connectivity index (χ0n) is 11.8.